The van der Waals surface area contributed by atoms with Gasteiger partial charge in [0.1, 0.15) is 5.82 Å². The highest BCUT2D eigenvalue weighted by molar-refractivity contribution is 5.40. The summed E-state index contributed by atoms with van der Waals surface area (Å²) in [5, 5.41) is 0. The van der Waals surface area contributed by atoms with Crippen LogP contribution in [0.5, 0.6) is 0 Å². The molecule has 1 saturated carbocycles. The Labute approximate surface area is 102 Å². The van der Waals surface area contributed by atoms with Crippen LogP contribution in [0.3, 0.4) is 0 Å². The summed E-state index contributed by atoms with van der Waals surface area (Å²) in [6.45, 7) is 0.702. The molecule has 1 atom stereocenters. The molecule has 17 heavy (non-hydrogen) atoms. The van der Waals surface area contributed by atoms with E-state index in [-0.39, 0.29) is 11.2 Å². The topological polar surface area (TPSA) is 26.0 Å². The molecule has 1 aromatic rings. The number of aryl methyl sites for hydroxylation is 1. The SMILES string of the molecule is NCC1CCc2cccc(F)c2C12CCCC2. The molecule has 0 bridgehead atoms. The van der Waals surface area contributed by atoms with E-state index in [1.807, 2.05) is 6.07 Å². The molecule has 2 heteroatoms. The zero-order valence-corrected chi connectivity index (χ0v) is 10.2. The van der Waals surface area contributed by atoms with E-state index < -0.39 is 0 Å². The minimum Gasteiger partial charge on any atom is -0.330 e. The highest BCUT2D eigenvalue weighted by Crippen LogP contribution is 2.52. The number of hydrogen-bond acceptors (Lipinski definition) is 1. The second-order valence-corrected chi connectivity index (χ2v) is 5.61. The molecular weight excluding hydrogens is 213 g/mol. The molecule has 0 radical (unpaired) electrons. The molecule has 1 spiro atoms. The normalized spacial score (nSPS) is 26.1. The summed E-state index contributed by atoms with van der Waals surface area (Å²) in [4.78, 5) is 0. The molecule has 1 unspecified atom stereocenters. The fourth-order valence-electron chi connectivity index (χ4n) is 4.15. The first-order valence-corrected chi connectivity index (χ1v) is 6.76. The highest BCUT2D eigenvalue weighted by atomic mass is 19.1. The van der Waals surface area contributed by atoms with Gasteiger partial charge in [0.05, 0.1) is 0 Å². The molecule has 0 saturated heterocycles. The average Bonchev–Trinajstić information content (AvgIpc) is 2.79. The lowest BCUT2D eigenvalue weighted by Gasteiger charge is -2.43. The van der Waals surface area contributed by atoms with E-state index in [0.29, 0.717) is 12.5 Å². The van der Waals surface area contributed by atoms with Gasteiger partial charge in [0.2, 0.25) is 0 Å². The lowest BCUT2D eigenvalue weighted by atomic mass is 9.62. The Morgan fingerprint density at radius 3 is 2.76 bits per heavy atom. The number of hydrogen-bond donors (Lipinski definition) is 1. The van der Waals surface area contributed by atoms with Gasteiger partial charge in [0.15, 0.2) is 0 Å². The molecule has 0 aliphatic heterocycles. The van der Waals surface area contributed by atoms with E-state index in [0.717, 1.165) is 31.2 Å². The van der Waals surface area contributed by atoms with Crippen molar-refractivity contribution in [1.29, 1.82) is 0 Å². The van der Waals surface area contributed by atoms with Crippen LogP contribution in [-0.4, -0.2) is 6.54 Å². The van der Waals surface area contributed by atoms with Crippen molar-refractivity contribution in [2.45, 2.75) is 43.9 Å². The van der Waals surface area contributed by atoms with Crippen LogP contribution in [-0.2, 0) is 11.8 Å². The van der Waals surface area contributed by atoms with Gasteiger partial charge in [0, 0.05) is 5.41 Å². The van der Waals surface area contributed by atoms with Crippen LogP contribution in [0.1, 0.15) is 43.2 Å². The first kappa shape index (κ1) is 11.2. The van der Waals surface area contributed by atoms with Crippen LogP contribution in [0.2, 0.25) is 0 Å². The van der Waals surface area contributed by atoms with Gasteiger partial charge in [-0.15, -0.1) is 0 Å². The summed E-state index contributed by atoms with van der Waals surface area (Å²) in [5.41, 5.74) is 8.25. The van der Waals surface area contributed by atoms with Crippen molar-refractivity contribution in [3.05, 3.63) is 35.1 Å². The van der Waals surface area contributed by atoms with Crippen molar-refractivity contribution >= 4 is 0 Å². The van der Waals surface area contributed by atoms with Crippen molar-refractivity contribution in [2.75, 3.05) is 6.54 Å². The minimum atomic E-state index is 0.00236. The Kier molecular flexibility index (Phi) is 2.70. The highest BCUT2D eigenvalue weighted by Gasteiger charge is 2.46. The molecular formula is C15H20FN. The monoisotopic (exact) mass is 233 g/mol. The van der Waals surface area contributed by atoms with E-state index in [9.17, 15) is 4.39 Å². The summed E-state index contributed by atoms with van der Waals surface area (Å²) in [6, 6.07) is 5.57. The van der Waals surface area contributed by atoms with E-state index in [1.165, 1.54) is 18.4 Å². The van der Waals surface area contributed by atoms with Crippen molar-refractivity contribution < 1.29 is 4.39 Å². The number of rotatable bonds is 1. The fraction of sp³-hybridized carbons (Fsp3) is 0.600. The lowest BCUT2D eigenvalue weighted by Crippen LogP contribution is -2.42. The number of halogens is 1. The van der Waals surface area contributed by atoms with Crippen molar-refractivity contribution in [3.8, 4) is 0 Å². The maximum atomic E-state index is 14.2. The maximum absolute atomic E-state index is 14.2. The Morgan fingerprint density at radius 2 is 2.06 bits per heavy atom. The summed E-state index contributed by atoms with van der Waals surface area (Å²) in [5.74, 6) is 0.483. The number of benzene rings is 1. The quantitative estimate of drug-likeness (QED) is 0.792. The second-order valence-electron chi connectivity index (χ2n) is 5.61. The zero-order valence-electron chi connectivity index (χ0n) is 10.2. The van der Waals surface area contributed by atoms with Crippen molar-refractivity contribution in [2.24, 2.45) is 11.7 Å². The predicted molar refractivity (Wildman–Crippen MR) is 67.4 cm³/mol. The first-order chi connectivity index (χ1) is 8.28. The summed E-state index contributed by atoms with van der Waals surface area (Å²) in [6.07, 6.45) is 6.84. The third-order valence-corrected chi connectivity index (χ3v) is 4.92. The second kappa shape index (κ2) is 4.09. The van der Waals surface area contributed by atoms with Gasteiger partial charge in [-0.3, -0.25) is 0 Å². The molecule has 1 nitrogen and oxygen atoms in total. The fourth-order valence-corrected chi connectivity index (χ4v) is 4.15. The van der Waals surface area contributed by atoms with Crippen LogP contribution in [0.4, 0.5) is 4.39 Å². The zero-order chi connectivity index (χ0) is 11.9. The van der Waals surface area contributed by atoms with Gasteiger partial charge in [-0.05, 0) is 55.3 Å². The van der Waals surface area contributed by atoms with Gasteiger partial charge in [-0.25, -0.2) is 4.39 Å². The van der Waals surface area contributed by atoms with Gasteiger partial charge in [-0.2, -0.15) is 0 Å². The molecule has 0 heterocycles. The van der Waals surface area contributed by atoms with E-state index in [4.69, 9.17) is 5.73 Å². The molecule has 2 aliphatic rings. The summed E-state index contributed by atoms with van der Waals surface area (Å²) >= 11 is 0. The molecule has 92 valence electrons. The molecule has 1 fully saturated rings. The van der Waals surface area contributed by atoms with Crippen LogP contribution in [0, 0.1) is 11.7 Å². The molecule has 1 aromatic carbocycles. The largest absolute Gasteiger partial charge is 0.330 e. The van der Waals surface area contributed by atoms with Gasteiger partial charge < -0.3 is 5.73 Å². The summed E-state index contributed by atoms with van der Waals surface area (Å²) in [7, 11) is 0. The predicted octanol–water partition coefficient (Wildman–Crippen LogP) is 3.16. The van der Waals surface area contributed by atoms with Gasteiger partial charge >= 0.3 is 0 Å². The standard InChI is InChI=1S/C15H20FN/c16-13-5-3-4-11-6-7-12(10-17)15(14(11)13)8-1-2-9-15/h3-5,12H,1-2,6-10,17H2. The lowest BCUT2D eigenvalue weighted by molar-refractivity contribution is 0.235. The molecule has 2 aliphatic carbocycles. The average molecular weight is 233 g/mol. The number of fused-ring (bicyclic) bond motifs is 2. The Morgan fingerprint density at radius 1 is 1.29 bits per heavy atom. The molecule has 0 aromatic heterocycles. The van der Waals surface area contributed by atoms with Crippen LogP contribution in [0.15, 0.2) is 18.2 Å². The first-order valence-electron chi connectivity index (χ1n) is 6.76. The van der Waals surface area contributed by atoms with Gasteiger partial charge in [-0.1, -0.05) is 25.0 Å². The Hall–Kier alpha value is -0.890. The van der Waals surface area contributed by atoms with Crippen LogP contribution in [0.25, 0.3) is 0 Å². The smallest absolute Gasteiger partial charge is 0.127 e. The van der Waals surface area contributed by atoms with E-state index in [2.05, 4.69) is 6.07 Å². The van der Waals surface area contributed by atoms with Crippen molar-refractivity contribution in [3.63, 3.8) is 0 Å². The third-order valence-electron chi connectivity index (χ3n) is 4.92. The van der Waals surface area contributed by atoms with E-state index in [1.54, 1.807) is 6.07 Å². The summed E-state index contributed by atoms with van der Waals surface area (Å²) < 4.78 is 14.2. The Balaban J connectivity index is 2.16. The number of nitrogens with two attached hydrogens (primary N) is 1. The van der Waals surface area contributed by atoms with Gasteiger partial charge in [0.25, 0.3) is 0 Å². The third kappa shape index (κ3) is 1.54. The molecule has 3 rings (SSSR count). The maximum Gasteiger partial charge on any atom is 0.127 e. The van der Waals surface area contributed by atoms with Crippen molar-refractivity contribution in [1.82, 2.24) is 0 Å². The van der Waals surface area contributed by atoms with Crippen LogP contribution < -0.4 is 5.73 Å². The molecule has 0 amide bonds. The van der Waals surface area contributed by atoms with E-state index >= 15 is 0 Å². The molecule has 2 N–H and O–H groups in total. The Bertz CT molecular complexity index is 421. The van der Waals surface area contributed by atoms with Crippen LogP contribution >= 0.6 is 0 Å². The minimum absolute atomic E-state index is 0.00236.